The summed E-state index contributed by atoms with van der Waals surface area (Å²) < 4.78 is 2.54. The summed E-state index contributed by atoms with van der Waals surface area (Å²) in [4.78, 5) is 27.4. The monoisotopic (exact) mass is 397 g/mol. The Morgan fingerprint density at radius 1 is 0.931 bits per heavy atom. The lowest BCUT2D eigenvalue weighted by molar-refractivity contribution is 0.539. The summed E-state index contributed by atoms with van der Waals surface area (Å²) in [7, 11) is 3.15. The van der Waals surface area contributed by atoms with Gasteiger partial charge in [0.25, 0.3) is 5.56 Å². The van der Waals surface area contributed by atoms with Crippen molar-refractivity contribution in [2.45, 2.75) is 76.7 Å². The third kappa shape index (κ3) is 3.87. The third-order valence-electron chi connectivity index (χ3n) is 6.45. The maximum absolute atomic E-state index is 12.8. The van der Waals surface area contributed by atoms with Crippen LogP contribution in [0.3, 0.4) is 0 Å². The SMILES string of the molecule is Cn1c(=O)c2cc(N(C3=CCCCCC3)C3CCCCCC3)nnc2n(C)c1=O. The van der Waals surface area contributed by atoms with Crippen LogP contribution in [0.4, 0.5) is 5.82 Å². The quantitative estimate of drug-likeness (QED) is 0.742. The molecule has 0 bridgehead atoms. The average Bonchev–Trinajstić information content (AvgIpc) is 3.17. The van der Waals surface area contributed by atoms with Crippen LogP contribution in [0.2, 0.25) is 0 Å². The first-order chi connectivity index (χ1) is 14.1. The second-order valence-electron chi connectivity index (χ2n) is 8.46. The van der Waals surface area contributed by atoms with E-state index < -0.39 is 0 Å². The van der Waals surface area contributed by atoms with Crippen molar-refractivity contribution >= 4 is 16.9 Å². The highest BCUT2D eigenvalue weighted by molar-refractivity contribution is 5.76. The molecule has 29 heavy (non-hydrogen) atoms. The van der Waals surface area contributed by atoms with Crippen LogP contribution in [-0.4, -0.2) is 25.4 Å². The number of aryl methyl sites for hydroxylation is 1. The van der Waals surface area contributed by atoms with Crippen LogP contribution in [-0.2, 0) is 14.1 Å². The van der Waals surface area contributed by atoms with Crippen molar-refractivity contribution in [2.24, 2.45) is 14.1 Å². The molecule has 0 aromatic carbocycles. The molecule has 2 aliphatic rings. The molecule has 0 aliphatic heterocycles. The van der Waals surface area contributed by atoms with E-state index in [1.807, 2.05) is 6.07 Å². The molecule has 0 spiro atoms. The predicted molar refractivity (Wildman–Crippen MR) is 115 cm³/mol. The molecule has 1 saturated carbocycles. The summed E-state index contributed by atoms with van der Waals surface area (Å²) in [5.74, 6) is 0.744. The first-order valence-corrected chi connectivity index (χ1v) is 11.0. The van der Waals surface area contributed by atoms with Crippen LogP contribution in [0.5, 0.6) is 0 Å². The summed E-state index contributed by atoms with van der Waals surface area (Å²) >= 11 is 0. The standard InChI is InChI=1S/C22H31N5O2/c1-25-20-18(21(28)26(2)22(25)29)15-19(23-24-20)27(16-11-7-3-4-8-12-16)17-13-9-5-6-10-14-17/h11,15,17H,3-10,12-14H2,1-2H3. The molecule has 4 rings (SSSR count). The Morgan fingerprint density at radius 3 is 2.41 bits per heavy atom. The van der Waals surface area contributed by atoms with E-state index in [0.717, 1.165) is 36.1 Å². The zero-order valence-corrected chi connectivity index (χ0v) is 17.6. The molecule has 2 aromatic heterocycles. The maximum Gasteiger partial charge on any atom is 0.332 e. The summed E-state index contributed by atoms with van der Waals surface area (Å²) in [6.07, 6.45) is 15.5. The van der Waals surface area contributed by atoms with Gasteiger partial charge in [0.1, 0.15) is 0 Å². The van der Waals surface area contributed by atoms with Gasteiger partial charge in [0.15, 0.2) is 11.5 Å². The van der Waals surface area contributed by atoms with Crippen molar-refractivity contribution in [3.8, 4) is 0 Å². The first kappa shape index (κ1) is 19.9. The van der Waals surface area contributed by atoms with E-state index in [-0.39, 0.29) is 11.2 Å². The highest BCUT2D eigenvalue weighted by Gasteiger charge is 2.26. The number of nitrogens with zero attached hydrogens (tertiary/aromatic N) is 5. The summed E-state index contributed by atoms with van der Waals surface area (Å²) in [5, 5.41) is 9.30. The van der Waals surface area contributed by atoms with Gasteiger partial charge in [-0.2, -0.15) is 0 Å². The van der Waals surface area contributed by atoms with Crippen LogP contribution in [0.25, 0.3) is 11.0 Å². The molecular weight excluding hydrogens is 366 g/mol. The predicted octanol–water partition coefficient (Wildman–Crippen LogP) is 3.40. The summed E-state index contributed by atoms with van der Waals surface area (Å²) in [6.45, 7) is 0. The molecule has 7 heteroatoms. The second kappa shape index (κ2) is 8.51. The Labute approximate surface area is 171 Å². The molecule has 0 unspecified atom stereocenters. The lowest BCUT2D eigenvalue weighted by Gasteiger charge is -2.34. The van der Waals surface area contributed by atoms with Crippen molar-refractivity contribution in [2.75, 3.05) is 4.90 Å². The molecule has 0 atom stereocenters. The van der Waals surface area contributed by atoms with Crippen molar-refractivity contribution in [1.29, 1.82) is 0 Å². The van der Waals surface area contributed by atoms with Crippen molar-refractivity contribution in [3.05, 3.63) is 38.7 Å². The third-order valence-corrected chi connectivity index (χ3v) is 6.45. The van der Waals surface area contributed by atoms with Gasteiger partial charge in [0.05, 0.1) is 5.39 Å². The van der Waals surface area contributed by atoms with E-state index in [1.165, 1.54) is 62.3 Å². The van der Waals surface area contributed by atoms with Crippen LogP contribution in [0.1, 0.15) is 70.6 Å². The molecule has 0 N–H and O–H groups in total. The maximum atomic E-state index is 12.8. The number of allylic oxidation sites excluding steroid dienone is 2. The minimum Gasteiger partial charge on any atom is -0.326 e. The van der Waals surface area contributed by atoms with Crippen LogP contribution in [0, 0.1) is 0 Å². The number of anilines is 1. The van der Waals surface area contributed by atoms with Gasteiger partial charge in [-0.15, -0.1) is 10.2 Å². The molecule has 1 fully saturated rings. The molecule has 0 amide bonds. The normalized spacial score (nSPS) is 18.9. The Kier molecular flexibility index (Phi) is 5.83. The van der Waals surface area contributed by atoms with Crippen molar-refractivity contribution in [3.63, 3.8) is 0 Å². The Hall–Kier alpha value is -2.44. The van der Waals surface area contributed by atoms with Crippen LogP contribution < -0.4 is 16.1 Å². The zero-order valence-electron chi connectivity index (χ0n) is 17.6. The van der Waals surface area contributed by atoms with Crippen LogP contribution in [0.15, 0.2) is 27.4 Å². The second-order valence-corrected chi connectivity index (χ2v) is 8.46. The summed E-state index contributed by atoms with van der Waals surface area (Å²) in [6, 6.07) is 2.24. The van der Waals surface area contributed by atoms with Gasteiger partial charge in [-0.05, 0) is 44.6 Å². The Bertz CT molecular complexity index is 1030. The minimum absolute atomic E-state index is 0.310. The van der Waals surface area contributed by atoms with Gasteiger partial charge in [-0.1, -0.05) is 38.2 Å². The highest BCUT2D eigenvalue weighted by atomic mass is 16.2. The van der Waals surface area contributed by atoms with Gasteiger partial charge in [-0.3, -0.25) is 13.9 Å². The fourth-order valence-electron chi connectivity index (χ4n) is 4.78. The summed E-state index contributed by atoms with van der Waals surface area (Å²) in [5.41, 5.74) is 0.980. The molecule has 2 heterocycles. The Morgan fingerprint density at radius 2 is 1.66 bits per heavy atom. The number of fused-ring (bicyclic) bond motifs is 1. The van der Waals surface area contributed by atoms with E-state index in [2.05, 4.69) is 21.2 Å². The van der Waals surface area contributed by atoms with Gasteiger partial charge >= 0.3 is 5.69 Å². The molecule has 2 aliphatic carbocycles. The van der Waals surface area contributed by atoms with Gasteiger partial charge in [-0.25, -0.2) is 4.79 Å². The lowest BCUT2D eigenvalue weighted by atomic mass is 10.0. The fraction of sp³-hybridized carbons (Fsp3) is 0.636. The molecule has 2 aromatic rings. The molecule has 7 nitrogen and oxygen atoms in total. The van der Waals surface area contributed by atoms with Crippen molar-refractivity contribution in [1.82, 2.24) is 19.3 Å². The van der Waals surface area contributed by atoms with E-state index in [0.29, 0.717) is 17.1 Å². The molecular formula is C22H31N5O2. The average molecular weight is 398 g/mol. The topological polar surface area (TPSA) is 73.0 Å². The zero-order chi connectivity index (χ0) is 20.4. The van der Waals surface area contributed by atoms with Crippen molar-refractivity contribution < 1.29 is 0 Å². The number of hydrogen-bond acceptors (Lipinski definition) is 5. The van der Waals surface area contributed by atoms with E-state index >= 15 is 0 Å². The first-order valence-electron chi connectivity index (χ1n) is 11.0. The van der Waals surface area contributed by atoms with Crippen LogP contribution >= 0.6 is 0 Å². The molecule has 0 saturated heterocycles. The highest BCUT2D eigenvalue weighted by Crippen LogP contribution is 2.32. The van der Waals surface area contributed by atoms with Gasteiger partial charge in [0, 0.05) is 25.8 Å². The molecule has 0 radical (unpaired) electrons. The van der Waals surface area contributed by atoms with Gasteiger partial charge in [0.2, 0.25) is 0 Å². The number of aromatic nitrogens is 4. The Balaban J connectivity index is 1.85. The van der Waals surface area contributed by atoms with E-state index in [1.54, 1.807) is 7.05 Å². The molecule has 156 valence electrons. The minimum atomic E-state index is -0.378. The largest absolute Gasteiger partial charge is 0.332 e. The smallest absolute Gasteiger partial charge is 0.326 e. The lowest BCUT2D eigenvalue weighted by Crippen LogP contribution is -2.38. The van der Waals surface area contributed by atoms with E-state index in [9.17, 15) is 9.59 Å². The fourth-order valence-corrected chi connectivity index (χ4v) is 4.78. The number of hydrogen-bond donors (Lipinski definition) is 0. The number of rotatable bonds is 3. The van der Waals surface area contributed by atoms with Gasteiger partial charge < -0.3 is 4.90 Å². The van der Waals surface area contributed by atoms with E-state index in [4.69, 9.17) is 0 Å².